The maximum absolute atomic E-state index is 13.3. The van der Waals surface area contributed by atoms with Crippen LogP contribution in [0.3, 0.4) is 0 Å². The maximum atomic E-state index is 13.3. The van der Waals surface area contributed by atoms with Gasteiger partial charge in [-0.05, 0) is 49.3 Å². The van der Waals surface area contributed by atoms with Gasteiger partial charge in [0.2, 0.25) is 0 Å². The van der Waals surface area contributed by atoms with E-state index in [0.29, 0.717) is 11.1 Å². The van der Waals surface area contributed by atoms with Crippen molar-refractivity contribution in [3.05, 3.63) is 24.0 Å². The summed E-state index contributed by atoms with van der Waals surface area (Å²) in [6.07, 6.45) is 8.04. The molecule has 1 aliphatic heterocycles. The number of piperidine rings is 1. The highest BCUT2D eigenvalue weighted by Gasteiger charge is 2.37. The molecule has 18 heavy (non-hydrogen) atoms. The molecule has 0 atom stereocenters. The van der Waals surface area contributed by atoms with E-state index in [1.54, 1.807) is 12.1 Å². The van der Waals surface area contributed by atoms with Crippen LogP contribution in [0.2, 0.25) is 0 Å². The van der Waals surface area contributed by atoms with Crippen LogP contribution in [-0.4, -0.2) is 13.1 Å². The third-order valence-corrected chi connectivity index (χ3v) is 4.82. The molecule has 2 nitrogen and oxygen atoms in total. The molecule has 0 unspecified atom stereocenters. The van der Waals surface area contributed by atoms with Crippen LogP contribution in [0.1, 0.15) is 38.5 Å². The summed E-state index contributed by atoms with van der Waals surface area (Å²) in [7, 11) is 0. The highest BCUT2D eigenvalue weighted by Crippen LogP contribution is 2.47. The summed E-state index contributed by atoms with van der Waals surface area (Å²) in [6, 6.07) is 4.67. The third kappa shape index (κ3) is 2.06. The number of nitrogens with two attached hydrogens (primary N) is 1. The number of hydrogen-bond donors (Lipinski definition) is 1. The molecule has 0 amide bonds. The lowest BCUT2D eigenvalue weighted by Crippen LogP contribution is -2.39. The SMILES string of the molecule is Nc1ccc(F)cc1N1CCC2(CCCC2)CC1. The second-order valence-electron chi connectivity index (χ2n) is 5.90. The van der Waals surface area contributed by atoms with E-state index < -0.39 is 0 Å². The Kier molecular flexibility index (Phi) is 2.92. The molecule has 98 valence electrons. The summed E-state index contributed by atoms with van der Waals surface area (Å²) >= 11 is 0. The van der Waals surface area contributed by atoms with Crippen LogP contribution in [-0.2, 0) is 0 Å². The molecule has 2 aliphatic rings. The summed E-state index contributed by atoms with van der Waals surface area (Å²) in [6.45, 7) is 2.04. The van der Waals surface area contributed by atoms with E-state index in [9.17, 15) is 4.39 Å². The van der Waals surface area contributed by atoms with Crippen molar-refractivity contribution < 1.29 is 4.39 Å². The van der Waals surface area contributed by atoms with Gasteiger partial charge in [-0.1, -0.05) is 12.8 Å². The Morgan fingerprint density at radius 2 is 1.72 bits per heavy atom. The fourth-order valence-corrected chi connectivity index (χ4v) is 3.64. The molecular weight excluding hydrogens is 227 g/mol. The second kappa shape index (κ2) is 4.45. The molecule has 1 aliphatic carbocycles. The Balaban J connectivity index is 1.74. The average Bonchev–Trinajstić information content (AvgIpc) is 2.82. The smallest absolute Gasteiger partial charge is 0.125 e. The number of halogens is 1. The van der Waals surface area contributed by atoms with Crippen molar-refractivity contribution in [3.63, 3.8) is 0 Å². The van der Waals surface area contributed by atoms with E-state index in [1.165, 1.54) is 44.6 Å². The average molecular weight is 248 g/mol. The molecule has 3 heteroatoms. The van der Waals surface area contributed by atoms with Gasteiger partial charge in [-0.25, -0.2) is 4.39 Å². The number of anilines is 2. The molecule has 1 saturated heterocycles. The number of nitrogen functional groups attached to an aromatic ring is 1. The van der Waals surface area contributed by atoms with Crippen molar-refractivity contribution >= 4 is 11.4 Å². The van der Waals surface area contributed by atoms with Crippen molar-refractivity contribution in [2.45, 2.75) is 38.5 Å². The number of benzene rings is 1. The normalized spacial score (nSPS) is 22.6. The summed E-state index contributed by atoms with van der Waals surface area (Å²) in [5.41, 5.74) is 8.12. The highest BCUT2D eigenvalue weighted by atomic mass is 19.1. The summed E-state index contributed by atoms with van der Waals surface area (Å²) in [5.74, 6) is -0.194. The predicted octanol–water partition coefficient (Wildman–Crippen LogP) is 3.57. The van der Waals surface area contributed by atoms with Gasteiger partial charge in [0.1, 0.15) is 5.82 Å². The van der Waals surface area contributed by atoms with Crippen LogP contribution in [0.5, 0.6) is 0 Å². The minimum atomic E-state index is -0.194. The van der Waals surface area contributed by atoms with Gasteiger partial charge in [0, 0.05) is 13.1 Å². The van der Waals surface area contributed by atoms with Crippen molar-refractivity contribution in [1.82, 2.24) is 0 Å². The van der Waals surface area contributed by atoms with Gasteiger partial charge in [-0.3, -0.25) is 0 Å². The Labute approximate surface area is 108 Å². The molecule has 0 aromatic heterocycles. The quantitative estimate of drug-likeness (QED) is 0.770. The van der Waals surface area contributed by atoms with E-state index in [4.69, 9.17) is 5.73 Å². The monoisotopic (exact) mass is 248 g/mol. The molecular formula is C15H21FN2. The van der Waals surface area contributed by atoms with Gasteiger partial charge < -0.3 is 10.6 Å². The van der Waals surface area contributed by atoms with E-state index in [2.05, 4.69) is 4.90 Å². The summed E-state index contributed by atoms with van der Waals surface area (Å²) < 4.78 is 13.3. The van der Waals surface area contributed by atoms with Gasteiger partial charge in [0.15, 0.2) is 0 Å². The topological polar surface area (TPSA) is 29.3 Å². The van der Waals surface area contributed by atoms with E-state index in [0.717, 1.165) is 18.8 Å². The van der Waals surface area contributed by atoms with Crippen LogP contribution in [0.4, 0.5) is 15.8 Å². The zero-order valence-corrected chi connectivity index (χ0v) is 10.8. The fraction of sp³-hybridized carbons (Fsp3) is 0.600. The first-order chi connectivity index (χ1) is 8.69. The van der Waals surface area contributed by atoms with Crippen LogP contribution in [0, 0.1) is 11.2 Å². The van der Waals surface area contributed by atoms with Gasteiger partial charge in [0.05, 0.1) is 11.4 Å². The van der Waals surface area contributed by atoms with Crippen molar-refractivity contribution in [2.24, 2.45) is 5.41 Å². The molecule has 0 radical (unpaired) electrons. The lowest BCUT2D eigenvalue weighted by atomic mass is 9.77. The van der Waals surface area contributed by atoms with Gasteiger partial charge in [0.25, 0.3) is 0 Å². The molecule has 1 aromatic rings. The largest absolute Gasteiger partial charge is 0.397 e. The van der Waals surface area contributed by atoms with Crippen LogP contribution in [0.25, 0.3) is 0 Å². The van der Waals surface area contributed by atoms with E-state index in [-0.39, 0.29) is 5.82 Å². The van der Waals surface area contributed by atoms with Gasteiger partial charge >= 0.3 is 0 Å². The first kappa shape index (κ1) is 11.8. The van der Waals surface area contributed by atoms with Crippen LogP contribution in [0.15, 0.2) is 18.2 Å². The molecule has 2 fully saturated rings. The van der Waals surface area contributed by atoms with Crippen LogP contribution >= 0.6 is 0 Å². The fourth-order valence-electron chi connectivity index (χ4n) is 3.64. The summed E-state index contributed by atoms with van der Waals surface area (Å²) in [5, 5.41) is 0. The molecule has 1 heterocycles. The van der Waals surface area contributed by atoms with E-state index >= 15 is 0 Å². The second-order valence-corrected chi connectivity index (χ2v) is 5.90. The first-order valence-electron chi connectivity index (χ1n) is 6.99. The van der Waals surface area contributed by atoms with Crippen molar-refractivity contribution in [2.75, 3.05) is 23.7 Å². The maximum Gasteiger partial charge on any atom is 0.125 e. The van der Waals surface area contributed by atoms with E-state index in [1.807, 2.05) is 0 Å². The van der Waals surface area contributed by atoms with Crippen molar-refractivity contribution in [1.29, 1.82) is 0 Å². The molecule has 2 N–H and O–H groups in total. The first-order valence-corrected chi connectivity index (χ1v) is 6.99. The van der Waals surface area contributed by atoms with Crippen LogP contribution < -0.4 is 10.6 Å². The number of hydrogen-bond acceptors (Lipinski definition) is 2. The zero-order valence-electron chi connectivity index (χ0n) is 10.8. The standard InChI is InChI=1S/C15H21FN2/c16-12-3-4-13(17)14(11-12)18-9-7-15(8-10-18)5-1-2-6-15/h3-4,11H,1-2,5-10,17H2. The summed E-state index contributed by atoms with van der Waals surface area (Å²) in [4.78, 5) is 2.25. The highest BCUT2D eigenvalue weighted by molar-refractivity contribution is 5.67. The minimum absolute atomic E-state index is 0.194. The molecule has 1 saturated carbocycles. The Hall–Kier alpha value is -1.25. The molecule has 3 rings (SSSR count). The lowest BCUT2D eigenvalue weighted by molar-refractivity contribution is 0.226. The zero-order chi connectivity index (χ0) is 12.6. The molecule has 1 spiro atoms. The lowest BCUT2D eigenvalue weighted by Gasteiger charge is -2.40. The molecule has 0 bridgehead atoms. The predicted molar refractivity (Wildman–Crippen MR) is 73.2 cm³/mol. The Morgan fingerprint density at radius 3 is 2.39 bits per heavy atom. The third-order valence-electron chi connectivity index (χ3n) is 4.82. The Morgan fingerprint density at radius 1 is 1.06 bits per heavy atom. The number of rotatable bonds is 1. The van der Waals surface area contributed by atoms with Gasteiger partial charge in [-0.15, -0.1) is 0 Å². The number of nitrogens with zero attached hydrogens (tertiary/aromatic N) is 1. The minimum Gasteiger partial charge on any atom is -0.397 e. The Bertz CT molecular complexity index is 428. The molecule has 1 aromatic carbocycles. The van der Waals surface area contributed by atoms with Gasteiger partial charge in [-0.2, -0.15) is 0 Å². The van der Waals surface area contributed by atoms with Crippen molar-refractivity contribution in [3.8, 4) is 0 Å².